The molecule has 0 N–H and O–H groups in total. The summed E-state index contributed by atoms with van der Waals surface area (Å²) >= 11 is 5.91. The van der Waals surface area contributed by atoms with Crippen LogP contribution in [0.15, 0.2) is 48.5 Å². The Bertz CT molecular complexity index is 733. The number of carbonyl (C=O) groups excluding carboxylic acids is 2. The van der Waals surface area contributed by atoms with Crippen LogP contribution in [-0.2, 0) is 9.53 Å². The highest BCUT2D eigenvalue weighted by molar-refractivity contribution is 6.31. The van der Waals surface area contributed by atoms with Crippen LogP contribution < -0.4 is 9.64 Å². The second kappa shape index (κ2) is 7.84. The van der Waals surface area contributed by atoms with Crippen molar-refractivity contribution in [1.29, 1.82) is 0 Å². The Labute approximate surface area is 145 Å². The highest BCUT2D eigenvalue weighted by Gasteiger charge is 2.24. The van der Waals surface area contributed by atoms with E-state index in [9.17, 15) is 9.59 Å². The number of amides is 1. The Morgan fingerprint density at radius 2 is 1.79 bits per heavy atom. The molecule has 0 saturated heterocycles. The first-order valence-electron chi connectivity index (χ1n) is 7.31. The minimum absolute atomic E-state index is 0.173. The number of hydrogen-bond donors (Lipinski definition) is 0. The summed E-state index contributed by atoms with van der Waals surface area (Å²) in [5, 5.41) is 0.378. The predicted octanol–water partition coefficient (Wildman–Crippen LogP) is 3.56. The smallest absolute Gasteiger partial charge is 0.342 e. The number of nitrogens with zero attached hydrogens (tertiary/aromatic N) is 1. The van der Waals surface area contributed by atoms with Crippen LogP contribution in [-0.4, -0.2) is 32.1 Å². The van der Waals surface area contributed by atoms with Gasteiger partial charge in [0.2, 0.25) is 0 Å². The lowest BCUT2D eigenvalue weighted by Gasteiger charge is -2.21. The molecule has 126 valence electrons. The number of rotatable bonds is 5. The van der Waals surface area contributed by atoms with Crippen LogP contribution in [0.2, 0.25) is 5.02 Å². The Morgan fingerprint density at radius 3 is 2.42 bits per heavy atom. The van der Waals surface area contributed by atoms with Crippen molar-refractivity contribution in [2.24, 2.45) is 0 Å². The molecule has 0 radical (unpaired) electrons. The van der Waals surface area contributed by atoms with Crippen LogP contribution >= 0.6 is 11.6 Å². The van der Waals surface area contributed by atoms with E-state index in [0.717, 1.165) is 0 Å². The molecule has 0 aliphatic carbocycles. The molecule has 5 nitrogen and oxygen atoms in total. The van der Waals surface area contributed by atoms with Gasteiger partial charge in [0.15, 0.2) is 6.10 Å². The fraction of sp³-hybridized carbons (Fsp3) is 0.222. The van der Waals surface area contributed by atoms with Gasteiger partial charge in [-0.15, -0.1) is 0 Å². The summed E-state index contributed by atoms with van der Waals surface area (Å²) in [6.07, 6.45) is -0.952. The highest BCUT2D eigenvalue weighted by Crippen LogP contribution is 2.24. The molecule has 2 rings (SSSR count). The van der Waals surface area contributed by atoms with E-state index in [1.807, 2.05) is 18.2 Å². The number of carbonyl (C=O) groups is 2. The molecular formula is C18H18ClNO4. The SMILES string of the molecule is COc1ccc(Cl)cc1C(=O)O[C@@H](C)C(=O)N(C)c1ccccc1. The van der Waals surface area contributed by atoms with E-state index >= 15 is 0 Å². The summed E-state index contributed by atoms with van der Waals surface area (Å²) in [5.41, 5.74) is 0.887. The summed E-state index contributed by atoms with van der Waals surface area (Å²) in [4.78, 5) is 26.2. The lowest BCUT2D eigenvalue weighted by Crippen LogP contribution is -2.37. The number of ether oxygens (including phenoxy) is 2. The van der Waals surface area contributed by atoms with Crippen LogP contribution in [0.4, 0.5) is 5.69 Å². The monoisotopic (exact) mass is 347 g/mol. The maximum atomic E-state index is 12.4. The molecule has 6 heteroatoms. The van der Waals surface area contributed by atoms with Gasteiger partial charge in [0.25, 0.3) is 5.91 Å². The van der Waals surface area contributed by atoms with Crippen LogP contribution in [0.3, 0.4) is 0 Å². The molecule has 0 aromatic heterocycles. The summed E-state index contributed by atoms with van der Waals surface area (Å²) in [7, 11) is 3.07. The molecule has 0 heterocycles. The van der Waals surface area contributed by atoms with Gasteiger partial charge in [-0.1, -0.05) is 29.8 Å². The number of hydrogen-bond acceptors (Lipinski definition) is 4. The first-order valence-corrected chi connectivity index (χ1v) is 7.69. The summed E-state index contributed by atoms with van der Waals surface area (Å²) in [5.74, 6) is -0.673. The van der Waals surface area contributed by atoms with Crippen molar-refractivity contribution in [3.05, 3.63) is 59.1 Å². The fourth-order valence-electron chi connectivity index (χ4n) is 2.17. The van der Waals surface area contributed by atoms with Gasteiger partial charge < -0.3 is 14.4 Å². The number of benzene rings is 2. The Hall–Kier alpha value is -2.53. The molecule has 0 aliphatic rings. The third-order valence-corrected chi connectivity index (χ3v) is 3.72. The molecule has 0 saturated carbocycles. The van der Waals surface area contributed by atoms with E-state index in [-0.39, 0.29) is 11.5 Å². The van der Waals surface area contributed by atoms with Crippen molar-refractivity contribution in [1.82, 2.24) is 0 Å². The minimum Gasteiger partial charge on any atom is -0.496 e. The number of likely N-dealkylation sites (N-methyl/N-ethyl adjacent to an activating group) is 1. The number of methoxy groups -OCH3 is 1. The maximum Gasteiger partial charge on any atom is 0.342 e. The molecule has 2 aromatic carbocycles. The topological polar surface area (TPSA) is 55.8 Å². The third kappa shape index (κ3) is 4.06. The number of esters is 1. The lowest BCUT2D eigenvalue weighted by molar-refractivity contribution is -0.126. The van der Waals surface area contributed by atoms with Crippen LogP contribution in [0, 0.1) is 0 Å². The van der Waals surface area contributed by atoms with E-state index in [0.29, 0.717) is 16.5 Å². The Balaban J connectivity index is 2.11. The predicted molar refractivity (Wildman–Crippen MR) is 92.7 cm³/mol. The van der Waals surface area contributed by atoms with E-state index < -0.39 is 12.1 Å². The number of anilines is 1. The average Bonchev–Trinajstić information content (AvgIpc) is 2.61. The van der Waals surface area contributed by atoms with Gasteiger partial charge in [0, 0.05) is 17.8 Å². The summed E-state index contributed by atoms with van der Waals surface area (Å²) in [6.45, 7) is 1.52. The maximum absolute atomic E-state index is 12.4. The van der Waals surface area contributed by atoms with E-state index in [2.05, 4.69) is 0 Å². The van der Waals surface area contributed by atoms with Gasteiger partial charge in [0.05, 0.1) is 7.11 Å². The van der Waals surface area contributed by atoms with Crippen molar-refractivity contribution < 1.29 is 19.1 Å². The molecule has 1 atom stereocenters. The normalized spacial score (nSPS) is 11.5. The van der Waals surface area contributed by atoms with Crippen molar-refractivity contribution in [3.63, 3.8) is 0 Å². The second-order valence-corrected chi connectivity index (χ2v) is 5.56. The number of para-hydroxylation sites is 1. The largest absolute Gasteiger partial charge is 0.496 e. The fourth-order valence-corrected chi connectivity index (χ4v) is 2.34. The van der Waals surface area contributed by atoms with E-state index in [1.165, 1.54) is 25.0 Å². The second-order valence-electron chi connectivity index (χ2n) is 5.12. The Kier molecular flexibility index (Phi) is 5.82. The first-order chi connectivity index (χ1) is 11.4. The van der Waals surface area contributed by atoms with E-state index in [1.54, 1.807) is 31.3 Å². The zero-order valence-electron chi connectivity index (χ0n) is 13.7. The Morgan fingerprint density at radius 1 is 1.12 bits per heavy atom. The van der Waals surface area contributed by atoms with Gasteiger partial charge in [0.1, 0.15) is 11.3 Å². The van der Waals surface area contributed by atoms with Crippen LogP contribution in [0.25, 0.3) is 0 Å². The molecule has 24 heavy (non-hydrogen) atoms. The zero-order chi connectivity index (χ0) is 17.7. The molecular weight excluding hydrogens is 330 g/mol. The molecule has 0 bridgehead atoms. The molecule has 2 aromatic rings. The number of halogens is 1. The minimum atomic E-state index is -0.952. The first kappa shape index (κ1) is 17.8. The van der Waals surface area contributed by atoms with Crippen molar-refractivity contribution in [2.45, 2.75) is 13.0 Å². The van der Waals surface area contributed by atoms with Crippen LogP contribution in [0.5, 0.6) is 5.75 Å². The molecule has 0 aliphatic heterocycles. The van der Waals surface area contributed by atoms with Crippen molar-refractivity contribution in [3.8, 4) is 5.75 Å². The summed E-state index contributed by atoms with van der Waals surface area (Å²) < 4.78 is 10.4. The molecule has 0 spiro atoms. The molecule has 1 amide bonds. The molecule has 0 fully saturated rings. The van der Waals surface area contributed by atoms with Crippen molar-refractivity contribution >= 4 is 29.2 Å². The zero-order valence-corrected chi connectivity index (χ0v) is 14.4. The highest BCUT2D eigenvalue weighted by atomic mass is 35.5. The van der Waals surface area contributed by atoms with E-state index in [4.69, 9.17) is 21.1 Å². The average molecular weight is 348 g/mol. The third-order valence-electron chi connectivity index (χ3n) is 3.49. The lowest BCUT2D eigenvalue weighted by atomic mass is 10.2. The standard InChI is InChI=1S/C18H18ClNO4/c1-12(17(21)20(2)14-7-5-4-6-8-14)24-18(22)15-11-13(19)9-10-16(15)23-3/h4-12H,1-3H3/t12-/m0/s1. The van der Waals surface area contributed by atoms with Gasteiger partial charge in [-0.2, -0.15) is 0 Å². The van der Waals surface area contributed by atoms with Gasteiger partial charge in [-0.3, -0.25) is 4.79 Å². The van der Waals surface area contributed by atoms with Gasteiger partial charge in [-0.25, -0.2) is 4.79 Å². The van der Waals surface area contributed by atoms with Crippen molar-refractivity contribution in [2.75, 3.05) is 19.1 Å². The quantitative estimate of drug-likeness (QED) is 0.776. The van der Waals surface area contributed by atoms with Crippen LogP contribution in [0.1, 0.15) is 17.3 Å². The molecule has 0 unspecified atom stereocenters. The summed E-state index contributed by atoms with van der Waals surface area (Å²) in [6, 6.07) is 13.7. The van der Waals surface area contributed by atoms with Gasteiger partial charge >= 0.3 is 5.97 Å². The van der Waals surface area contributed by atoms with Gasteiger partial charge in [-0.05, 0) is 37.3 Å².